The number of hydrogen-bond donors (Lipinski definition) is 1. The van der Waals surface area contributed by atoms with Gasteiger partial charge in [-0.25, -0.2) is 0 Å². The molecule has 2 rings (SSSR count). The lowest BCUT2D eigenvalue weighted by Gasteiger charge is -2.26. The van der Waals surface area contributed by atoms with Crippen molar-refractivity contribution in [2.75, 3.05) is 26.2 Å². The molecule has 2 aliphatic rings. The van der Waals surface area contributed by atoms with Crippen molar-refractivity contribution < 1.29 is 13.5 Å². The van der Waals surface area contributed by atoms with Crippen molar-refractivity contribution in [2.45, 2.75) is 38.7 Å². The average Bonchev–Trinajstić information content (AvgIpc) is 2.98. The Labute approximate surface area is 104 Å². The molecule has 1 saturated carbocycles. The summed E-state index contributed by atoms with van der Waals surface area (Å²) >= 11 is 0. The maximum Gasteiger partial charge on any atom is 0.282 e. The summed E-state index contributed by atoms with van der Waals surface area (Å²) < 4.78 is 27.8. The van der Waals surface area contributed by atoms with Gasteiger partial charge in [-0.15, -0.1) is 0 Å². The van der Waals surface area contributed by atoms with E-state index in [-0.39, 0.29) is 6.54 Å². The van der Waals surface area contributed by atoms with Crippen LogP contribution in [0.2, 0.25) is 0 Å². The lowest BCUT2D eigenvalue weighted by atomic mass is 10.3. The number of β-amino-alcohol motifs (C(OH)–C–C–N with tert-alkyl or cyclic N) is 1. The first-order valence-corrected chi connectivity index (χ1v) is 7.87. The summed E-state index contributed by atoms with van der Waals surface area (Å²) in [6, 6.07) is 0. The van der Waals surface area contributed by atoms with Gasteiger partial charge in [0.1, 0.15) is 0 Å². The minimum Gasteiger partial charge on any atom is -0.392 e. The molecule has 0 aromatic carbocycles. The quantitative estimate of drug-likeness (QED) is 0.754. The van der Waals surface area contributed by atoms with E-state index in [1.165, 1.54) is 4.31 Å². The summed E-state index contributed by atoms with van der Waals surface area (Å²) in [4.78, 5) is 0. The fraction of sp³-hybridized carbons (Fsp3) is 1.00. The maximum absolute atomic E-state index is 12.4. The Morgan fingerprint density at radius 3 is 2.53 bits per heavy atom. The van der Waals surface area contributed by atoms with Gasteiger partial charge >= 0.3 is 0 Å². The van der Waals surface area contributed by atoms with Crippen LogP contribution in [0.15, 0.2) is 0 Å². The third-order valence-corrected chi connectivity index (χ3v) is 5.38. The van der Waals surface area contributed by atoms with Gasteiger partial charge in [0.2, 0.25) is 0 Å². The molecule has 0 aromatic heterocycles. The third-order valence-electron chi connectivity index (χ3n) is 3.41. The normalized spacial score (nSPS) is 26.9. The molecule has 0 spiro atoms. The standard InChI is InChI=1S/C11H22N2O3S/c1-2-6-12(8-10-3-4-10)17(15,16)13-7-5-11(14)9-13/h10-11,14H,2-9H2,1H3/t11-/m1/s1. The van der Waals surface area contributed by atoms with Crippen molar-refractivity contribution >= 4 is 10.2 Å². The number of hydrogen-bond acceptors (Lipinski definition) is 3. The largest absolute Gasteiger partial charge is 0.392 e. The lowest BCUT2D eigenvalue weighted by Crippen LogP contribution is -2.44. The lowest BCUT2D eigenvalue weighted by molar-refractivity contribution is 0.188. The van der Waals surface area contributed by atoms with E-state index in [9.17, 15) is 13.5 Å². The van der Waals surface area contributed by atoms with Crippen LogP contribution in [-0.2, 0) is 10.2 Å². The topological polar surface area (TPSA) is 60.9 Å². The zero-order chi connectivity index (χ0) is 12.5. The summed E-state index contributed by atoms with van der Waals surface area (Å²) in [5.41, 5.74) is 0. The molecule has 0 amide bonds. The van der Waals surface area contributed by atoms with Crippen LogP contribution in [-0.4, -0.2) is 54.4 Å². The third kappa shape index (κ3) is 3.19. The van der Waals surface area contributed by atoms with Crippen molar-refractivity contribution in [1.82, 2.24) is 8.61 Å². The van der Waals surface area contributed by atoms with Crippen LogP contribution in [0.5, 0.6) is 0 Å². The predicted octanol–water partition coefficient (Wildman–Crippen LogP) is 0.420. The van der Waals surface area contributed by atoms with Gasteiger partial charge in [0.05, 0.1) is 6.10 Å². The van der Waals surface area contributed by atoms with E-state index in [1.807, 2.05) is 6.92 Å². The zero-order valence-corrected chi connectivity index (χ0v) is 11.2. The molecule has 1 aliphatic heterocycles. The molecule has 0 bridgehead atoms. The summed E-state index contributed by atoms with van der Waals surface area (Å²) in [7, 11) is -3.34. The van der Waals surface area contributed by atoms with Gasteiger partial charge in [0.15, 0.2) is 0 Å². The summed E-state index contributed by atoms with van der Waals surface area (Å²) in [5.74, 6) is 0.559. The fourth-order valence-corrected chi connectivity index (χ4v) is 4.06. The minimum absolute atomic E-state index is 0.257. The highest BCUT2D eigenvalue weighted by atomic mass is 32.2. The molecule has 0 aromatic rings. The Kier molecular flexibility index (Phi) is 4.07. The number of nitrogens with zero attached hydrogens (tertiary/aromatic N) is 2. The second-order valence-corrected chi connectivity index (χ2v) is 7.04. The van der Waals surface area contributed by atoms with Crippen LogP contribution < -0.4 is 0 Å². The molecule has 0 radical (unpaired) electrons. The van der Waals surface area contributed by atoms with E-state index in [0.717, 1.165) is 19.3 Å². The van der Waals surface area contributed by atoms with Crippen LogP contribution in [0.3, 0.4) is 0 Å². The predicted molar refractivity (Wildman–Crippen MR) is 65.7 cm³/mol. The monoisotopic (exact) mass is 262 g/mol. The van der Waals surface area contributed by atoms with Gasteiger partial charge in [-0.2, -0.15) is 17.0 Å². The molecule has 1 N–H and O–H groups in total. The Balaban J connectivity index is 2.03. The molecule has 1 atom stereocenters. The molecule has 1 aliphatic carbocycles. The van der Waals surface area contributed by atoms with Gasteiger partial charge in [-0.3, -0.25) is 0 Å². The molecule has 1 saturated heterocycles. The van der Waals surface area contributed by atoms with Gasteiger partial charge in [0, 0.05) is 26.2 Å². The van der Waals surface area contributed by atoms with Crippen molar-refractivity contribution in [1.29, 1.82) is 0 Å². The minimum atomic E-state index is -3.34. The first kappa shape index (κ1) is 13.3. The van der Waals surface area contributed by atoms with Crippen LogP contribution >= 0.6 is 0 Å². The second kappa shape index (κ2) is 5.22. The fourth-order valence-electron chi connectivity index (χ4n) is 2.22. The van der Waals surface area contributed by atoms with Crippen LogP contribution in [0, 0.1) is 5.92 Å². The number of aliphatic hydroxyl groups is 1. The zero-order valence-electron chi connectivity index (χ0n) is 10.4. The average molecular weight is 262 g/mol. The molecular formula is C11H22N2O3S. The molecule has 100 valence electrons. The van der Waals surface area contributed by atoms with E-state index in [0.29, 0.717) is 32.0 Å². The van der Waals surface area contributed by atoms with Crippen LogP contribution in [0.1, 0.15) is 32.6 Å². The van der Waals surface area contributed by atoms with Crippen LogP contribution in [0.4, 0.5) is 0 Å². The summed E-state index contributed by atoms with van der Waals surface area (Å²) in [5, 5.41) is 9.44. The molecule has 1 heterocycles. The highest BCUT2D eigenvalue weighted by molar-refractivity contribution is 7.86. The van der Waals surface area contributed by atoms with E-state index >= 15 is 0 Å². The van der Waals surface area contributed by atoms with E-state index in [2.05, 4.69) is 0 Å². The number of aliphatic hydroxyl groups excluding tert-OH is 1. The highest BCUT2D eigenvalue weighted by Crippen LogP contribution is 2.31. The Morgan fingerprint density at radius 2 is 2.06 bits per heavy atom. The first-order chi connectivity index (χ1) is 8.04. The SMILES string of the molecule is CCCN(CC1CC1)S(=O)(=O)N1CC[C@@H](O)C1. The van der Waals surface area contributed by atoms with Gasteiger partial charge in [-0.1, -0.05) is 6.92 Å². The summed E-state index contributed by atoms with van der Waals surface area (Å²) in [6.45, 7) is 3.95. The van der Waals surface area contributed by atoms with E-state index in [1.54, 1.807) is 4.31 Å². The highest BCUT2D eigenvalue weighted by Gasteiger charge is 2.37. The van der Waals surface area contributed by atoms with Crippen molar-refractivity contribution in [2.24, 2.45) is 5.92 Å². The second-order valence-electron chi connectivity index (χ2n) is 5.11. The van der Waals surface area contributed by atoms with Gasteiger partial charge < -0.3 is 5.11 Å². The van der Waals surface area contributed by atoms with Crippen LogP contribution in [0.25, 0.3) is 0 Å². The molecule has 0 unspecified atom stereocenters. The Morgan fingerprint density at radius 1 is 1.35 bits per heavy atom. The van der Waals surface area contributed by atoms with Crippen molar-refractivity contribution in [3.63, 3.8) is 0 Å². The van der Waals surface area contributed by atoms with Crippen molar-refractivity contribution in [3.8, 4) is 0 Å². The molecule has 5 nitrogen and oxygen atoms in total. The Bertz CT molecular complexity index is 354. The van der Waals surface area contributed by atoms with Gasteiger partial charge in [-0.05, 0) is 31.6 Å². The molecule has 17 heavy (non-hydrogen) atoms. The van der Waals surface area contributed by atoms with E-state index in [4.69, 9.17) is 0 Å². The smallest absolute Gasteiger partial charge is 0.282 e. The molecule has 2 fully saturated rings. The van der Waals surface area contributed by atoms with E-state index < -0.39 is 16.3 Å². The molecular weight excluding hydrogens is 240 g/mol. The van der Waals surface area contributed by atoms with Crippen molar-refractivity contribution in [3.05, 3.63) is 0 Å². The first-order valence-electron chi connectivity index (χ1n) is 6.47. The number of rotatable bonds is 6. The Hall–Kier alpha value is -0.170. The maximum atomic E-state index is 12.4. The summed E-state index contributed by atoms with van der Waals surface area (Å²) in [6.07, 6.45) is 3.20. The van der Waals surface area contributed by atoms with Gasteiger partial charge in [0.25, 0.3) is 10.2 Å². The molecule has 6 heteroatoms.